The highest BCUT2D eigenvalue weighted by atomic mass is 32.1. The van der Waals surface area contributed by atoms with Gasteiger partial charge in [-0.2, -0.15) is 0 Å². The van der Waals surface area contributed by atoms with E-state index in [9.17, 15) is 24.8 Å². The first kappa shape index (κ1) is 21.7. The normalized spacial score (nSPS) is 15.9. The molecule has 4 rings (SSSR count). The van der Waals surface area contributed by atoms with Crippen molar-refractivity contribution in [1.29, 1.82) is 0 Å². The van der Waals surface area contributed by atoms with Gasteiger partial charge in [-0.3, -0.25) is 19.5 Å². The molecule has 11 heteroatoms. The first-order valence-electron chi connectivity index (χ1n) is 9.53. The van der Waals surface area contributed by atoms with E-state index in [1.54, 1.807) is 13.8 Å². The van der Waals surface area contributed by atoms with E-state index < -0.39 is 33.9 Å². The number of allylic oxidation sites excluding steroid dienone is 1. The number of thiazole rings is 1. The van der Waals surface area contributed by atoms with E-state index in [1.165, 1.54) is 40.2 Å². The Labute approximate surface area is 189 Å². The van der Waals surface area contributed by atoms with Gasteiger partial charge < -0.3 is 9.84 Å². The molecule has 1 aromatic carbocycles. The number of para-hydroxylation sites is 1. The highest BCUT2D eigenvalue weighted by Gasteiger charge is 2.33. The highest BCUT2D eigenvalue weighted by Crippen LogP contribution is 2.33. The van der Waals surface area contributed by atoms with Gasteiger partial charge in [0, 0.05) is 16.5 Å². The van der Waals surface area contributed by atoms with Crippen molar-refractivity contribution in [2.75, 3.05) is 6.61 Å². The summed E-state index contributed by atoms with van der Waals surface area (Å²) in [4.78, 5) is 42.1. The van der Waals surface area contributed by atoms with Crippen molar-refractivity contribution in [2.45, 2.75) is 19.9 Å². The minimum atomic E-state index is -0.703. The van der Waals surface area contributed by atoms with Crippen LogP contribution in [0.1, 0.15) is 30.3 Å². The van der Waals surface area contributed by atoms with Crippen molar-refractivity contribution >= 4 is 40.4 Å². The van der Waals surface area contributed by atoms with Crippen LogP contribution in [-0.4, -0.2) is 27.2 Å². The number of nitrogens with zero attached hydrogens (tertiary/aromatic N) is 3. The number of phenols is 1. The maximum absolute atomic E-state index is 13.4. The fourth-order valence-corrected chi connectivity index (χ4v) is 5.32. The summed E-state index contributed by atoms with van der Waals surface area (Å²) in [5, 5.41) is 23.2. The summed E-state index contributed by atoms with van der Waals surface area (Å²) in [5.74, 6) is -1.07. The Morgan fingerprint density at radius 2 is 2.16 bits per heavy atom. The lowest BCUT2D eigenvalue weighted by Crippen LogP contribution is -2.39. The summed E-state index contributed by atoms with van der Waals surface area (Å²) in [6.45, 7) is 3.58. The molecule has 1 atom stereocenters. The molecular formula is C21H17N3O6S2. The number of hydrogen-bond acceptors (Lipinski definition) is 9. The number of hydrogen-bond donors (Lipinski definition) is 1. The molecule has 32 heavy (non-hydrogen) atoms. The van der Waals surface area contributed by atoms with Gasteiger partial charge in [-0.25, -0.2) is 9.79 Å². The number of carbonyl (C=O) groups excluding carboxylic acids is 1. The summed E-state index contributed by atoms with van der Waals surface area (Å²) >= 11 is 2.48. The van der Waals surface area contributed by atoms with Gasteiger partial charge in [-0.15, -0.1) is 11.3 Å². The monoisotopic (exact) mass is 471 g/mol. The second-order valence-electron chi connectivity index (χ2n) is 6.79. The summed E-state index contributed by atoms with van der Waals surface area (Å²) in [6, 6.07) is 7.04. The molecule has 9 nitrogen and oxygen atoms in total. The second-order valence-corrected chi connectivity index (χ2v) is 8.78. The second kappa shape index (κ2) is 8.52. The summed E-state index contributed by atoms with van der Waals surface area (Å²) in [5.41, 5.74) is -0.00598. The smallest absolute Gasteiger partial charge is 0.338 e. The van der Waals surface area contributed by atoms with Gasteiger partial charge in [0.15, 0.2) is 4.80 Å². The number of benzene rings is 1. The zero-order valence-corrected chi connectivity index (χ0v) is 18.6. The summed E-state index contributed by atoms with van der Waals surface area (Å²) < 4.78 is 6.87. The quantitative estimate of drug-likeness (QED) is 0.346. The van der Waals surface area contributed by atoms with Gasteiger partial charge in [0.05, 0.1) is 27.3 Å². The van der Waals surface area contributed by atoms with Gasteiger partial charge in [0.1, 0.15) is 6.04 Å². The zero-order valence-electron chi connectivity index (χ0n) is 17.0. The van der Waals surface area contributed by atoms with Crippen LogP contribution in [0.5, 0.6) is 5.75 Å². The van der Waals surface area contributed by atoms with Gasteiger partial charge in [-0.1, -0.05) is 29.5 Å². The van der Waals surface area contributed by atoms with Crippen molar-refractivity contribution in [3.8, 4) is 5.75 Å². The number of rotatable bonds is 5. The predicted molar refractivity (Wildman–Crippen MR) is 119 cm³/mol. The summed E-state index contributed by atoms with van der Waals surface area (Å²) in [7, 11) is 0. The van der Waals surface area contributed by atoms with Crippen molar-refractivity contribution in [3.63, 3.8) is 0 Å². The molecule has 1 aliphatic heterocycles. The topological polar surface area (TPSA) is 124 Å². The van der Waals surface area contributed by atoms with Crippen LogP contribution in [-0.2, 0) is 9.53 Å². The molecule has 164 valence electrons. The minimum Gasteiger partial charge on any atom is -0.502 e. The molecular weight excluding hydrogens is 454 g/mol. The Balaban J connectivity index is 1.95. The van der Waals surface area contributed by atoms with Crippen LogP contribution < -0.4 is 14.9 Å². The number of esters is 1. The van der Waals surface area contributed by atoms with Crippen LogP contribution in [0.15, 0.2) is 56.8 Å². The highest BCUT2D eigenvalue weighted by molar-refractivity contribution is 7.10. The molecule has 1 N–H and O–H groups in total. The molecule has 0 saturated carbocycles. The van der Waals surface area contributed by atoms with E-state index in [0.717, 1.165) is 16.2 Å². The Morgan fingerprint density at radius 1 is 1.38 bits per heavy atom. The molecule has 0 amide bonds. The lowest BCUT2D eigenvalue weighted by atomic mass is 10.0. The van der Waals surface area contributed by atoms with E-state index in [4.69, 9.17) is 4.74 Å². The third-order valence-electron chi connectivity index (χ3n) is 4.86. The van der Waals surface area contributed by atoms with E-state index in [1.807, 2.05) is 17.5 Å². The van der Waals surface area contributed by atoms with Gasteiger partial charge >= 0.3 is 11.7 Å². The molecule has 3 heterocycles. The molecule has 0 spiro atoms. The Hall–Kier alpha value is -3.57. The van der Waals surface area contributed by atoms with Crippen molar-refractivity contribution in [2.24, 2.45) is 4.99 Å². The number of thiophene rings is 1. The fraction of sp³-hybridized carbons (Fsp3) is 0.190. The first-order valence-corrected chi connectivity index (χ1v) is 11.2. The number of nitro benzene ring substituents is 1. The lowest BCUT2D eigenvalue weighted by molar-refractivity contribution is -0.385. The molecule has 0 unspecified atom stereocenters. The molecule has 1 aliphatic rings. The molecule has 0 bridgehead atoms. The van der Waals surface area contributed by atoms with E-state index in [0.29, 0.717) is 10.5 Å². The molecule has 3 aromatic rings. The van der Waals surface area contributed by atoms with Crippen molar-refractivity contribution in [1.82, 2.24) is 4.57 Å². The minimum absolute atomic E-state index is 0.137. The third kappa shape index (κ3) is 3.65. The van der Waals surface area contributed by atoms with Gasteiger partial charge in [0.25, 0.3) is 5.56 Å². The molecule has 0 radical (unpaired) electrons. The number of aromatic nitrogens is 1. The van der Waals surface area contributed by atoms with E-state index in [2.05, 4.69) is 4.99 Å². The largest absolute Gasteiger partial charge is 0.502 e. The fourth-order valence-electron chi connectivity index (χ4n) is 3.46. The van der Waals surface area contributed by atoms with Gasteiger partial charge in [0.2, 0.25) is 5.75 Å². The molecule has 0 saturated heterocycles. The van der Waals surface area contributed by atoms with Crippen LogP contribution in [0.2, 0.25) is 0 Å². The number of fused-ring (bicyclic) bond motifs is 1. The van der Waals surface area contributed by atoms with Crippen molar-refractivity contribution in [3.05, 3.63) is 87.2 Å². The maximum Gasteiger partial charge on any atom is 0.338 e. The average molecular weight is 472 g/mol. The molecule has 0 fully saturated rings. The van der Waals surface area contributed by atoms with Crippen LogP contribution in [0.4, 0.5) is 5.69 Å². The van der Waals surface area contributed by atoms with Crippen LogP contribution in [0.3, 0.4) is 0 Å². The number of nitro groups is 1. The lowest BCUT2D eigenvalue weighted by Gasteiger charge is -2.23. The predicted octanol–water partition coefficient (Wildman–Crippen LogP) is 2.47. The Bertz CT molecular complexity index is 1430. The SMILES string of the molecule is CCOC(=O)C1=C(C)N=c2s/c(=C\c3cccc([N+](=O)[O-])c3O)c(=O)n2[C@H]1c1cccs1. The molecule has 0 aliphatic carbocycles. The zero-order chi connectivity index (χ0) is 23.0. The number of carbonyl (C=O) groups is 1. The number of ether oxygens (including phenoxy) is 1. The first-order chi connectivity index (χ1) is 15.3. The van der Waals surface area contributed by atoms with Gasteiger partial charge in [-0.05, 0) is 31.4 Å². The van der Waals surface area contributed by atoms with Crippen LogP contribution >= 0.6 is 22.7 Å². The Morgan fingerprint density at radius 3 is 2.81 bits per heavy atom. The Kier molecular flexibility index (Phi) is 5.76. The maximum atomic E-state index is 13.4. The van der Waals surface area contributed by atoms with Crippen molar-refractivity contribution < 1.29 is 19.6 Å². The van der Waals surface area contributed by atoms with Crippen LogP contribution in [0, 0.1) is 10.1 Å². The molecule has 2 aromatic heterocycles. The standard InChI is InChI=1S/C21H17N3O6S2/c1-3-30-20(27)16-11(2)22-21-23(17(16)14-8-5-9-31-14)19(26)15(32-21)10-12-6-4-7-13(18(12)25)24(28)29/h4-10,17,25H,3H2,1-2H3/b15-10-/t17-/m0/s1. The number of phenolic OH excluding ortho intramolecular Hbond substituents is 1. The van der Waals surface area contributed by atoms with E-state index >= 15 is 0 Å². The van der Waals surface area contributed by atoms with E-state index in [-0.39, 0.29) is 22.3 Å². The van der Waals surface area contributed by atoms with Crippen LogP contribution in [0.25, 0.3) is 6.08 Å². The average Bonchev–Trinajstić information content (AvgIpc) is 3.37. The number of aromatic hydroxyl groups is 1. The third-order valence-corrected chi connectivity index (χ3v) is 6.77. The summed E-state index contributed by atoms with van der Waals surface area (Å²) in [6.07, 6.45) is 1.39.